The molecule has 4 nitrogen and oxygen atoms in total. The summed E-state index contributed by atoms with van der Waals surface area (Å²) in [6, 6.07) is 6.20. The first-order valence-electron chi connectivity index (χ1n) is 7.33. The maximum absolute atomic E-state index is 5.80. The number of benzene rings is 1. The third kappa shape index (κ3) is 2.80. The van der Waals surface area contributed by atoms with E-state index in [1.54, 1.807) is 0 Å². The van der Waals surface area contributed by atoms with E-state index in [1.165, 1.54) is 5.56 Å². The molecule has 0 radical (unpaired) electrons. The summed E-state index contributed by atoms with van der Waals surface area (Å²) in [5.41, 5.74) is 2.76. The zero-order valence-electron chi connectivity index (χ0n) is 13.4. The Morgan fingerprint density at radius 2 is 1.38 bits per heavy atom. The van der Waals surface area contributed by atoms with Gasteiger partial charge < -0.3 is 9.47 Å². The highest BCUT2D eigenvalue weighted by Crippen LogP contribution is 2.27. The van der Waals surface area contributed by atoms with E-state index in [4.69, 9.17) is 9.47 Å². The normalized spacial score (nSPS) is 22.3. The highest BCUT2D eigenvalue weighted by atomic mass is 16.5. The second-order valence-electron chi connectivity index (χ2n) is 7.09. The highest BCUT2D eigenvalue weighted by Gasteiger charge is 2.32. The number of rotatable bonds is 2. The van der Waals surface area contributed by atoms with Crippen LogP contribution in [0, 0.1) is 6.92 Å². The second-order valence-corrected chi connectivity index (χ2v) is 7.09. The van der Waals surface area contributed by atoms with Gasteiger partial charge in [-0.05, 0) is 46.8 Å². The van der Waals surface area contributed by atoms with Crippen LogP contribution in [0.5, 0.6) is 0 Å². The molecule has 4 heteroatoms. The van der Waals surface area contributed by atoms with Gasteiger partial charge in [-0.15, -0.1) is 0 Å². The van der Waals surface area contributed by atoms with Crippen molar-refractivity contribution in [3.05, 3.63) is 34.9 Å². The fraction of sp³-hybridized carbons (Fsp3) is 0.529. The third-order valence-electron chi connectivity index (χ3n) is 3.57. The van der Waals surface area contributed by atoms with Crippen molar-refractivity contribution in [3.63, 3.8) is 0 Å². The Bertz CT molecular complexity index is 642. The Morgan fingerprint density at radius 1 is 0.857 bits per heavy atom. The van der Waals surface area contributed by atoms with E-state index in [-0.39, 0.29) is 11.1 Å². The van der Waals surface area contributed by atoms with Crippen LogP contribution in [-0.4, -0.2) is 36.1 Å². The highest BCUT2D eigenvalue weighted by molar-refractivity contribution is 6.08. The summed E-state index contributed by atoms with van der Waals surface area (Å²) < 4.78 is 11.6. The molecule has 3 rings (SSSR count). The fourth-order valence-corrected chi connectivity index (χ4v) is 2.47. The molecule has 0 fully saturated rings. The Morgan fingerprint density at radius 3 is 1.86 bits per heavy atom. The van der Waals surface area contributed by atoms with Gasteiger partial charge >= 0.3 is 0 Å². The summed E-state index contributed by atoms with van der Waals surface area (Å²) in [6.45, 7) is 11.6. The fourth-order valence-electron chi connectivity index (χ4n) is 2.47. The lowest BCUT2D eigenvalue weighted by Gasteiger charge is -2.10. The van der Waals surface area contributed by atoms with Crippen molar-refractivity contribution in [1.82, 2.24) is 0 Å². The quantitative estimate of drug-likeness (QED) is 0.838. The van der Waals surface area contributed by atoms with Gasteiger partial charge in [0.15, 0.2) is 0 Å². The lowest BCUT2D eigenvalue weighted by Crippen LogP contribution is -2.17. The Balaban J connectivity index is 2.07. The minimum atomic E-state index is -0.173. The molecule has 2 heterocycles. The summed E-state index contributed by atoms with van der Waals surface area (Å²) in [6.07, 6.45) is 0. The van der Waals surface area contributed by atoms with Crippen LogP contribution >= 0.6 is 0 Å². The predicted octanol–water partition coefficient (Wildman–Crippen LogP) is 3.11. The summed E-state index contributed by atoms with van der Waals surface area (Å²) in [5.74, 6) is 1.38. The van der Waals surface area contributed by atoms with Gasteiger partial charge in [-0.25, -0.2) is 9.98 Å². The number of nitrogens with zero attached hydrogens (tertiary/aromatic N) is 2. The monoisotopic (exact) mass is 286 g/mol. The molecule has 0 bridgehead atoms. The standard InChI is InChI=1S/C17H22N2O2/c1-11-6-7-12(14-18-16(2,3)9-20-14)13(8-11)15-19-17(4,5)10-21-15/h6-8H,9-10H2,1-5H3. The van der Waals surface area contributed by atoms with Crippen LogP contribution in [0.2, 0.25) is 0 Å². The lowest BCUT2D eigenvalue weighted by molar-refractivity contribution is 0.277. The molecule has 0 aromatic heterocycles. The summed E-state index contributed by atoms with van der Waals surface area (Å²) >= 11 is 0. The summed E-state index contributed by atoms with van der Waals surface area (Å²) in [5, 5.41) is 0. The third-order valence-corrected chi connectivity index (χ3v) is 3.57. The van der Waals surface area contributed by atoms with E-state index in [0.717, 1.165) is 11.1 Å². The summed E-state index contributed by atoms with van der Waals surface area (Å²) in [7, 11) is 0. The van der Waals surface area contributed by atoms with E-state index in [9.17, 15) is 0 Å². The van der Waals surface area contributed by atoms with E-state index >= 15 is 0 Å². The first-order valence-corrected chi connectivity index (χ1v) is 7.33. The maximum atomic E-state index is 5.80. The molecular formula is C17H22N2O2. The average Bonchev–Trinajstić information content (AvgIpc) is 2.92. The molecule has 0 saturated carbocycles. The molecular weight excluding hydrogens is 264 g/mol. The molecule has 2 aliphatic rings. The van der Waals surface area contributed by atoms with Crippen LogP contribution in [0.15, 0.2) is 28.2 Å². The largest absolute Gasteiger partial charge is 0.475 e. The van der Waals surface area contributed by atoms with Crippen molar-refractivity contribution in [1.29, 1.82) is 0 Å². The number of aliphatic imine (C=N–C) groups is 2. The van der Waals surface area contributed by atoms with E-state index in [1.807, 2.05) is 6.07 Å². The van der Waals surface area contributed by atoms with Crippen LogP contribution < -0.4 is 0 Å². The molecule has 0 atom stereocenters. The smallest absolute Gasteiger partial charge is 0.217 e. The van der Waals surface area contributed by atoms with Gasteiger partial charge in [0.05, 0.1) is 11.1 Å². The van der Waals surface area contributed by atoms with Gasteiger partial charge in [0.2, 0.25) is 11.8 Å². The van der Waals surface area contributed by atoms with Gasteiger partial charge in [0.1, 0.15) is 13.2 Å². The van der Waals surface area contributed by atoms with Crippen molar-refractivity contribution < 1.29 is 9.47 Å². The summed E-state index contributed by atoms with van der Waals surface area (Å²) in [4.78, 5) is 9.36. The number of aryl methyl sites for hydroxylation is 1. The predicted molar refractivity (Wildman–Crippen MR) is 84.3 cm³/mol. The van der Waals surface area contributed by atoms with Gasteiger partial charge in [0.25, 0.3) is 0 Å². The Labute approximate surface area is 125 Å². The molecule has 21 heavy (non-hydrogen) atoms. The number of ether oxygens (including phenoxy) is 2. The molecule has 1 aromatic rings. The average molecular weight is 286 g/mol. The van der Waals surface area contributed by atoms with E-state index < -0.39 is 0 Å². The Kier molecular flexibility index (Phi) is 3.08. The van der Waals surface area contributed by atoms with Gasteiger partial charge in [0, 0.05) is 11.1 Å². The van der Waals surface area contributed by atoms with Crippen molar-refractivity contribution in [2.75, 3.05) is 13.2 Å². The molecule has 0 amide bonds. The zero-order valence-corrected chi connectivity index (χ0v) is 13.4. The first-order chi connectivity index (χ1) is 9.76. The van der Waals surface area contributed by atoms with E-state index in [2.05, 4.69) is 56.7 Å². The minimum absolute atomic E-state index is 0.172. The molecule has 0 N–H and O–H groups in total. The lowest BCUT2D eigenvalue weighted by atomic mass is 10.0. The molecule has 0 spiro atoms. The van der Waals surface area contributed by atoms with Crippen LogP contribution in [0.4, 0.5) is 0 Å². The van der Waals surface area contributed by atoms with Crippen LogP contribution in [0.1, 0.15) is 44.4 Å². The van der Waals surface area contributed by atoms with Crippen LogP contribution in [0.25, 0.3) is 0 Å². The van der Waals surface area contributed by atoms with Gasteiger partial charge in [-0.2, -0.15) is 0 Å². The number of hydrogen-bond acceptors (Lipinski definition) is 4. The van der Waals surface area contributed by atoms with Crippen molar-refractivity contribution >= 4 is 11.8 Å². The molecule has 0 saturated heterocycles. The zero-order chi connectivity index (χ0) is 15.3. The van der Waals surface area contributed by atoms with E-state index in [0.29, 0.717) is 25.0 Å². The van der Waals surface area contributed by atoms with Crippen LogP contribution in [0.3, 0.4) is 0 Å². The number of hydrogen-bond donors (Lipinski definition) is 0. The van der Waals surface area contributed by atoms with Crippen molar-refractivity contribution in [3.8, 4) is 0 Å². The van der Waals surface area contributed by atoms with Crippen LogP contribution in [-0.2, 0) is 9.47 Å². The topological polar surface area (TPSA) is 43.2 Å². The van der Waals surface area contributed by atoms with Crippen molar-refractivity contribution in [2.45, 2.75) is 45.7 Å². The molecule has 0 unspecified atom stereocenters. The molecule has 112 valence electrons. The maximum Gasteiger partial charge on any atom is 0.217 e. The van der Waals surface area contributed by atoms with Gasteiger partial charge in [-0.3, -0.25) is 0 Å². The second kappa shape index (κ2) is 4.58. The molecule has 2 aliphatic heterocycles. The van der Waals surface area contributed by atoms with Crippen molar-refractivity contribution in [2.24, 2.45) is 9.98 Å². The molecule has 1 aromatic carbocycles. The molecule has 0 aliphatic carbocycles. The van der Waals surface area contributed by atoms with Gasteiger partial charge in [-0.1, -0.05) is 11.6 Å². The first kappa shape index (κ1) is 14.1. The SMILES string of the molecule is Cc1ccc(C2=NC(C)(C)CO2)c(C2=NC(C)(C)CO2)c1. The Hall–Kier alpha value is -1.84. The minimum Gasteiger partial charge on any atom is -0.475 e.